The number of terminal acetylenes is 1. The molecule has 74 valence electrons. The lowest BCUT2D eigenvalue weighted by atomic mass is 9.91. The molecule has 0 aliphatic carbocycles. The van der Waals surface area contributed by atoms with E-state index < -0.39 is 0 Å². The third kappa shape index (κ3) is 3.35. The van der Waals surface area contributed by atoms with E-state index in [0.29, 0.717) is 6.54 Å². The molecular weight excluding hydrogens is 164 g/mol. The molecule has 0 aromatic rings. The van der Waals surface area contributed by atoms with Crippen LogP contribution in [0.25, 0.3) is 0 Å². The normalized spacial score (nSPS) is 21.4. The molecule has 0 aromatic carbocycles. The first-order chi connectivity index (χ1) is 6.16. The van der Waals surface area contributed by atoms with E-state index in [1.807, 2.05) is 7.05 Å². The van der Waals surface area contributed by atoms with Gasteiger partial charge in [0.15, 0.2) is 0 Å². The molecule has 0 amide bonds. The van der Waals surface area contributed by atoms with Gasteiger partial charge in [-0.15, -0.1) is 6.42 Å². The molecule has 0 radical (unpaired) electrons. The van der Waals surface area contributed by atoms with Crippen molar-refractivity contribution < 1.29 is 4.74 Å². The summed E-state index contributed by atoms with van der Waals surface area (Å²) in [6, 6.07) is 0. The Morgan fingerprint density at radius 3 is 2.69 bits per heavy atom. The fraction of sp³-hybridized carbons (Fsp3) is 0.800. The lowest BCUT2D eigenvalue weighted by molar-refractivity contribution is 0.0426. The predicted molar refractivity (Wildman–Crippen MR) is 53.3 cm³/mol. The minimum absolute atomic E-state index is 0.0934. The summed E-state index contributed by atoms with van der Waals surface area (Å²) < 4.78 is 5.27. The summed E-state index contributed by atoms with van der Waals surface area (Å²) in [4.78, 5) is 2.09. The first-order valence-corrected chi connectivity index (χ1v) is 4.65. The van der Waals surface area contributed by atoms with E-state index in [1.54, 1.807) is 0 Å². The molecule has 0 saturated carbocycles. The maximum Gasteiger partial charge on any atom is 0.0597 e. The number of hydrogen-bond acceptors (Lipinski definition) is 3. The van der Waals surface area contributed by atoms with Crippen molar-refractivity contribution in [3.63, 3.8) is 0 Å². The number of likely N-dealkylation sites (N-methyl/N-ethyl adjacent to an activating group) is 1. The Morgan fingerprint density at radius 1 is 1.54 bits per heavy atom. The number of rotatable bonds is 3. The molecule has 1 rings (SSSR count). The minimum Gasteiger partial charge on any atom is -0.381 e. The molecule has 1 heterocycles. The van der Waals surface area contributed by atoms with Gasteiger partial charge in [-0.25, -0.2) is 0 Å². The van der Waals surface area contributed by atoms with E-state index in [0.717, 1.165) is 32.6 Å². The summed E-state index contributed by atoms with van der Waals surface area (Å²) in [5, 5.41) is 0. The second kappa shape index (κ2) is 4.61. The molecule has 0 aromatic heterocycles. The van der Waals surface area contributed by atoms with Crippen LogP contribution in [0.5, 0.6) is 0 Å². The lowest BCUT2D eigenvalue weighted by Gasteiger charge is -2.36. The Labute approximate surface area is 80.2 Å². The van der Waals surface area contributed by atoms with Crippen molar-refractivity contribution in [1.29, 1.82) is 0 Å². The highest BCUT2D eigenvalue weighted by Crippen LogP contribution is 2.18. The maximum atomic E-state index is 6.20. The Balaban J connectivity index is 2.36. The quantitative estimate of drug-likeness (QED) is 0.627. The van der Waals surface area contributed by atoms with Gasteiger partial charge in [0, 0.05) is 25.3 Å². The highest BCUT2D eigenvalue weighted by molar-refractivity contribution is 4.93. The Kier molecular flexibility index (Phi) is 3.73. The highest BCUT2D eigenvalue weighted by atomic mass is 16.5. The molecule has 0 spiro atoms. The molecule has 0 bridgehead atoms. The van der Waals surface area contributed by atoms with E-state index in [4.69, 9.17) is 16.9 Å². The first-order valence-electron chi connectivity index (χ1n) is 4.65. The van der Waals surface area contributed by atoms with E-state index in [1.165, 1.54) is 0 Å². The molecule has 0 atom stereocenters. The molecule has 3 heteroatoms. The second-order valence-electron chi connectivity index (χ2n) is 3.85. The highest BCUT2D eigenvalue weighted by Gasteiger charge is 2.28. The standard InChI is InChI=1S/C10H18N2O/c1-3-6-12(2)9-10(11)4-7-13-8-5-10/h1H,4-9,11H2,2H3. The van der Waals surface area contributed by atoms with E-state index >= 15 is 0 Å². The summed E-state index contributed by atoms with van der Waals surface area (Å²) in [7, 11) is 2.00. The fourth-order valence-electron chi connectivity index (χ4n) is 1.69. The molecule has 1 fully saturated rings. The summed E-state index contributed by atoms with van der Waals surface area (Å²) in [6.45, 7) is 3.08. The van der Waals surface area contributed by atoms with E-state index in [-0.39, 0.29) is 5.54 Å². The maximum absolute atomic E-state index is 6.20. The molecule has 2 N–H and O–H groups in total. The smallest absolute Gasteiger partial charge is 0.0597 e. The minimum atomic E-state index is -0.0934. The van der Waals surface area contributed by atoms with Crippen LogP contribution in [0.15, 0.2) is 0 Å². The van der Waals surface area contributed by atoms with Gasteiger partial charge < -0.3 is 10.5 Å². The fourth-order valence-corrected chi connectivity index (χ4v) is 1.69. The molecular formula is C10H18N2O. The Hall–Kier alpha value is -0.560. The molecule has 1 aliphatic rings. The summed E-state index contributed by atoms with van der Waals surface area (Å²) in [5.74, 6) is 2.61. The largest absolute Gasteiger partial charge is 0.381 e. The predicted octanol–water partition coefficient (Wildman–Crippen LogP) is 0.0593. The van der Waals surface area contributed by atoms with Gasteiger partial charge >= 0.3 is 0 Å². The van der Waals surface area contributed by atoms with Crippen molar-refractivity contribution in [2.24, 2.45) is 5.73 Å². The first kappa shape index (κ1) is 10.5. The average molecular weight is 182 g/mol. The third-order valence-electron chi connectivity index (χ3n) is 2.43. The van der Waals surface area contributed by atoms with Crippen LogP contribution in [0.4, 0.5) is 0 Å². The topological polar surface area (TPSA) is 38.5 Å². The third-order valence-corrected chi connectivity index (χ3v) is 2.43. The van der Waals surface area contributed by atoms with Crippen molar-refractivity contribution in [1.82, 2.24) is 4.90 Å². The SMILES string of the molecule is C#CCN(C)CC1(N)CCOCC1. The molecule has 0 unspecified atom stereocenters. The monoisotopic (exact) mass is 182 g/mol. The van der Waals surface area contributed by atoms with Gasteiger partial charge in [-0.1, -0.05) is 5.92 Å². The zero-order valence-corrected chi connectivity index (χ0v) is 8.25. The van der Waals surface area contributed by atoms with Crippen LogP contribution >= 0.6 is 0 Å². The van der Waals surface area contributed by atoms with Crippen LogP contribution in [0.1, 0.15) is 12.8 Å². The van der Waals surface area contributed by atoms with Crippen LogP contribution in [-0.4, -0.2) is 43.8 Å². The van der Waals surface area contributed by atoms with Gasteiger partial charge in [-0.05, 0) is 19.9 Å². The van der Waals surface area contributed by atoms with Crippen LogP contribution in [-0.2, 0) is 4.74 Å². The molecule has 1 saturated heterocycles. The Bertz CT molecular complexity index is 192. The van der Waals surface area contributed by atoms with Crippen molar-refractivity contribution in [2.45, 2.75) is 18.4 Å². The molecule has 13 heavy (non-hydrogen) atoms. The van der Waals surface area contributed by atoms with Gasteiger partial charge in [0.25, 0.3) is 0 Å². The van der Waals surface area contributed by atoms with Crippen LogP contribution < -0.4 is 5.73 Å². The number of hydrogen-bond donors (Lipinski definition) is 1. The van der Waals surface area contributed by atoms with E-state index in [2.05, 4.69) is 10.8 Å². The van der Waals surface area contributed by atoms with Crippen LogP contribution in [0, 0.1) is 12.3 Å². The van der Waals surface area contributed by atoms with Gasteiger partial charge in [0.1, 0.15) is 0 Å². The summed E-state index contributed by atoms with van der Waals surface area (Å²) in [5.41, 5.74) is 6.11. The lowest BCUT2D eigenvalue weighted by Crippen LogP contribution is -2.52. The van der Waals surface area contributed by atoms with Crippen LogP contribution in [0.3, 0.4) is 0 Å². The zero-order valence-electron chi connectivity index (χ0n) is 8.25. The summed E-state index contributed by atoms with van der Waals surface area (Å²) in [6.07, 6.45) is 7.09. The second-order valence-corrected chi connectivity index (χ2v) is 3.85. The van der Waals surface area contributed by atoms with Gasteiger partial charge in [-0.2, -0.15) is 0 Å². The van der Waals surface area contributed by atoms with Gasteiger partial charge in [0.2, 0.25) is 0 Å². The van der Waals surface area contributed by atoms with Crippen molar-refractivity contribution in [3.05, 3.63) is 0 Å². The zero-order chi connectivity index (χ0) is 9.73. The van der Waals surface area contributed by atoms with Gasteiger partial charge in [0.05, 0.1) is 6.54 Å². The Morgan fingerprint density at radius 2 is 2.15 bits per heavy atom. The number of nitrogens with zero attached hydrogens (tertiary/aromatic N) is 1. The number of ether oxygens (including phenoxy) is 1. The molecule has 1 aliphatic heterocycles. The van der Waals surface area contributed by atoms with Crippen molar-refractivity contribution >= 4 is 0 Å². The number of nitrogens with two attached hydrogens (primary N) is 1. The average Bonchev–Trinajstić information content (AvgIpc) is 2.04. The summed E-state index contributed by atoms with van der Waals surface area (Å²) >= 11 is 0. The van der Waals surface area contributed by atoms with Crippen molar-refractivity contribution in [2.75, 3.05) is 33.4 Å². The van der Waals surface area contributed by atoms with E-state index in [9.17, 15) is 0 Å². The van der Waals surface area contributed by atoms with Gasteiger partial charge in [-0.3, -0.25) is 4.90 Å². The molecule has 3 nitrogen and oxygen atoms in total. The van der Waals surface area contributed by atoms with Crippen LogP contribution in [0.2, 0.25) is 0 Å². The van der Waals surface area contributed by atoms with Crippen molar-refractivity contribution in [3.8, 4) is 12.3 Å².